The standard InChI is InChI=1S/C20H21N3O2/c1-2-25-18-8-4-3-7-16(18)10-11-20(24)21-13-12-17-15-23-14-6-5-9-19(23)22-17/h3-11,14-15H,2,12-13H2,1H3,(H,21,24)/b11-10+. The summed E-state index contributed by atoms with van der Waals surface area (Å²) in [4.78, 5) is 16.5. The topological polar surface area (TPSA) is 55.6 Å². The van der Waals surface area contributed by atoms with Gasteiger partial charge in [-0.05, 0) is 31.2 Å². The molecule has 3 rings (SSSR count). The van der Waals surface area contributed by atoms with E-state index in [1.807, 2.05) is 66.2 Å². The summed E-state index contributed by atoms with van der Waals surface area (Å²) in [6.07, 6.45) is 7.93. The maximum absolute atomic E-state index is 12.0. The molecule has 0 saturated heterocycles. The van der Waals surface area contributed by atoms with Crippen LogP contribution in [0.3, 0.4) is 0 Å². The number of nitrogens with one attached hydrogen (secondary N) is 1. The fraction of sp³-hybridized carbons (Fsp3) is 0.200. The van der Waals surface area contributed by atoms with Gasteiger partial charge in [0, 0.05) is 37.0 Å². The van der Waals surface area contributed by atoms with Gasteiger partial charge in [0.25, 0.3) is 0 Å². The number of nitrogens with zero attached hydrogens (tertiary/aromatic N) is 2. The quantitative estimate of drug-likeness (QED) is 0.675. The number of imidazole rings is 1. The van der Waals surface area contributed by atoms with Crippen molar-refractivity contribution < 1.29 is 9.53 Å². The van der Waals surface area contributed by atoms with E-state index in [1.54, 1.807) is 6.08 Å². The Hall–Kier alpha value is -3.08. The molecule has 3 aromatic rings. The van der Waals surface area contributed by atoms with Gasteiger partial charge >= 0.3 is 0 Å². The number of carbonyl (C=O) groups is 1. The Labute approximate surface area is 147 Å². The summed E-state index contributed by atoms with van der Waals surface area (Å²) in [5, 5.41) is 2.88. The first kappa shape index (κ1) is 16.8. The molecule has 128 valence electrons. The van der Waals surface area contributed by atoms with Crippen molar-refractivity contribution in [2.45, 2.75) is 13.3 Å². The number of para-hydroxylation sites is 1. The van der Waals surface area contributed by atoms with Crippen molar-refractivity contribution in [2.75, 3.05) is 13.2 Å². The lowest BCUT2D eigenvalue weighted by Crippen LogP contribution is -2.23. The lowest BCUT2D eigenvalue weighted by molar-refractivity contribution is -0.116. The average molecular weight is 335 g/mol. The van der Waals surface area contributed by atoms with Crippen molar-refractivity contribution in [3.05, 3.63) is 72.2 Å². The summed E-state index contributed by atoms with van der Waals surface area (Å²) in [6, 6.07) is 13.5. The van der Waals surface area contributed by atoms with E-state index in [2.05, 4.69) is 10.3 Å². The minimum atomic E-state index is -0.130. The zero-order valence-electron chi connectivity index (χ0n) is 14.2. The van der Waals surface area contributed by atoms with Crippen LogP contribution in [-0.2, 0) is 11.2 Å². The Balaban J connectivity index is 1.52. The van der Waals surface area contributed by atoms with Gasteiger partial charge in [0.05, 0.1) is 12.3 Å². The molecule has 0 saturated carbocycles. The molecule has 1 N–H and O–H groups in total. The summed E-state index contributed by atoms with van der Waals surface area (Å²) in [6.45, 7) is 3.07. The van der Waals surface area contributed by atoms with Gasteiger partial charge < -0.3 is 14.5 Å². The first-order chi connectivity index (χ1) is 12.3. The van der Waals surface area contributed by atoms with Crippen molar-refractivity contribution in [1.29, 1.82) is 0 Å². The number of amides is 1. The van der Waals surface area contributed by atoms with Crippen LogP contribution in [0.2, 0.25) is 0 Å². The first-order valence-electron chi connectivity index (χ1n) is 8.36. The maximum atomic E-state index is 12.0. The summed E-state index contributed by atoms with van der Waals surface area (Å²) in [5.74, 6) is 0.647. The molecule has 0 unspecified atom stereocenters. The van der Waals surface area contributed by atoms with E-state index in [0.29, 0.717) is 19.6 Å². The Morgan fingerprint density at radius 3 is 2.92 bits per heavy atom. The average Bonchev–Trinajstić information content (AvgIpc) is 3.04. The Morgan fingerprint density at radius 1 is 1.24 bits per heavy atom. The number of fused-ring (bicyclic) bond motifs is 1. The third kappa shape index (κ3) is 4.47. The molecule has 2 aromatic heterocycles. The first-order valence-corrected chi connectivity index (χ1v) is 8.36. The predicted molar refractivity (Wildman–Crippen MR) is 98.6 cm³/mol. The van der Waals surface area contributed by atoms with Crippen molar-refractivity contribution in [3.63, 3.8) is 0 Å². The number of hydrogen-bond acceptors (Lipinski definition) is 3. The van der Waals surface area contributed by atoms with Crippen LogP contribution in [0.5, 0.6) is 5.75 Å². The van der Waals surface area contributed by atoms with Gasteiger partial charge in [-0.15, -0.1) is 0 Å². The zero-order valence-corrected chi connectivity index (χ0v) is 14.2. The second-order valence-corrected chi connectivity index (χ2v) is 5.54. The van der Waals surface area contributed by atoms with Crippen molar-refractivity contribution in [3.8, 4) is 5.75 Å². The minimum absolute atomic E-state index is 0.130. The van der Waals surface area contributed by atoms with Gasteiger partial charge in [0.1, 0.15) is 11.4 Å². The highest BCUT2D eigenvalue weighted by Crippen LogP contribution is 2.19. The molecule has 1 amide bonds. The molecule has 0 aliphatic heterocycles. The molecular formula is C20H21N3O2. The molecule has 0 atom stereocenters. The maximum Gasteiger partial charge on any atom is 0.244 e. The monoisotopic (exact) mass is 335 g/mol. The van der Waals surface area contributed by atoms with E-state index in [0.717, 1.165) is 22.7 Å². The number of aromatic nitrogens is 2. The van der Waals surface area contributed by atoms with E-state index >= 15 is 0 Å². The number of carbonyl (C=O) groups excluding carboxylic acids is 1. The van der Waals surface area contributed by atoms with Gasteiger partial charge in [-0.3, -0.25) is 4.79 Å². The van der Waals surface area contributed by atoms with Crippen LogP contribution in [-0.4, -0.2) is 28.4 Å². The van der Waals surface area contributed by atoms with Crippen LogP contribution in [0.25, 0.3) is 11.7 Å². The fourth-order valence-corrected chi connectivity index (χ4v) is 2.55. The van der Waals surface area contributed by atoms with Crippen molar-refractivity contribution >= 4 is 17.6 Å². The predicted octanol–water partition coefficient (Wildman–Crippen LogP) is 3.11. The summed E-state index contributed by atoms with van der Waals surface area (Å²) < 4.78 is 7.52. The lowest BCUT2D eigenvalue weighted by atomic mass is 10.2. The molecule has 0 spiro atoms. The molecule has 1 aromatic carbocycles. The lowest BCUT2D eigenvalue weighted by Gasteiger charge is -2.06. The summed E-state index contributed by atoms with van der Waals surface area (Å²) in [7, 11) is 0. The van der Waals surface area contributed by atoms with Gasteiger partial charge in [0.15, 0.2) is 0 Å². The summed E-state index contributed by atoms with van der Waals surface area (Å²) in [5.41, 5.74) is 2.76. The Bertz CT molecular complexity index is 850. The Morgan fingerprint density at radius 2 is 2.08 bits per heavy atom. The second-order valence-electron chi connectivity index (χ2n) is 5.54. The van der Waals surface area contributed by atoms with Crippen LogP contribution in [0, 0.1) is 0 Å². The van der Waals surface area contributed by atoms with Gasteiger partial charge in [0.2, 0.25) is 5.91 Å². The van der Waals surface area contributed by atoms with Gasteiger partial charge in [-0.25, -0.2) is 4.98 Å². The van der Waals surface area contributed by atoms with Crippen LogP contribution in [0.1, 0.15) is 18.2 Å². The van der Waals surface area contributed by atoms with E-state index in [1.165, 1.54) is 6.08 Å². The number of ether oxygens (including phenoxy) is 1. The molecule has 5 nitrogen and oxygen atoms in total. The number of rotatable bonds is 7. The number of hydrogen-bond donors (Lipinski definition) is 1. The number of benzene rings is 1. The fourth-order valence-electron chi connectivity index (χ4n) is 2.55. The highest BCUT2D eigenvalue weighted by atomic mass is 16.5. The second kappa shape index (κ2) is 8.15. The summed E-state index contributed by atoms with van der Waals surface area (Å²) >= 11 is 0. The molecular weight excluding hydrogens is 314 g/mol. The number of pyridine rings is 1. The molecule has 0 radical (unpaired) electrons. The smallest absolute Gasteiger partial charge is 0.244 e. The van der Waals surface area contributed by atoms with Crippen LogP contribution in [0.15, 0.2) is 60.9 Å². The third-order valence-corrected chi connectivity index (χ3v) is 3.73. The van der Waals surface area contributed by atoms with E-state index in [4.69, 9.17) is 4.74 Å². The van der Waals surface area contributed by atoms with Crippen LogP contribution >= 0.6 is 0 Å². The zero-order chi connectivity index (χ0) is 17.5. The van der Waals surface area contributed by atoms with E-state index < -0.39 is 0 Å². The largest absolute Gasteiger partial charge is 0.493 e. The van der Waals surface area contributed by atoms with Crippen LogP contribution in [0.4, 0.5) is 0 Å². The van der Waals surface area contributed by atoms with Crippen LogP contribution < -0.4 is 10.1 Å². The molecule has 0 fully saturated rings. The molecule has 0 aliphatic carbocycles. The molecule has 0 aliphatic rings. The van der Waals surface area contributed by atoms with E-state index in [-0.39, 0.29) is 5.91 Å². The molecule has 0 bridgehead atoms. The molecule has 2 heterocycles. The highest BCUT2D eigenvalue weighted by Gasteiger charge is 2.03. The normalized spacial score (nSPS) is 11.1. The third-order valence-electron chi connectivity index (χ3n) is 3.73. The minimum Gasteiger partial charge on any atom is -0.493 e. The molecule has 25 heavy (non-hydrogen) atoms. The highest BCUT2D eigenvalue weighted by molar-refractivity contribution is 5.92. The van der Waals surface area contributed by atoms with E-state index in [9.17, 15) is 4.79 Å². The Kier molecular flexibility index (Phi) is 5.46. The van der Waals surface area contributed by atoms with Gasteiger partial charge in [-0.1, -0.05) is 24.3 Å². The molecule has 5 heteroatoms. The van der Waals surface area contributed by atoms with Gasteiger partial charge in [-0.2, -0.15) is 0 Å². The SMILES string of the molecule is CCOc1ccccc1/C=C/C(=O)NCCc1cn2ccccc2n1. The van der Waals surface area contributed by atoms with Crippen molar-refractivity contribution in [1.82, 2.24) is 14.7 Å². The van der Waals surface area contributed by atoms with Crippen molar-refractivity contribution in [2.24, 2.45) is 0 Å².